The van der Waals surface area contributed by atoms with Crippen molar-refractivity contribution in [2.75, 3.05) is 18.4 Å². The second-order valence-electron chi connectivity index (χ2n) is 4.73. The van der Waals surface area contributed by atoms with Crippen molar-refractivity contribution in [3.05, 3.63) is 29.8 Å². The first kappa shape index (κ1) is 14.0. The van der Waals surface area contributed by atoms with E-state index in [-0.39, 0.29) is 24.8 Å². The van der Waals surface area contributed by atoms with Crippen LogP contribution in [-0.4, -0.2) is 40.9 Å². The van der Waals surface area contributed by atoms with Gasteiger partial charge in [-0.15, -0.1) is 0 Å². The molecule has 20 heavy (non-hydrogen) atoms. The van der Waals surface area contributed by atoms with Gasteiger partial charge >= 0.3 is 5.97 Å². The Balaban J connectivity index is 1.87. The smallest absolute Gasteiger partial charge is 0.307 e. The number of carbonyl (C=O) groups is 3. The number of likely N-dealkylation sites (tertiary alicyclic amines) is 1. The highest BCUT2D eigenvalue weighted by atomic mass is 16.4. The minimum atomic E-state index is -0.894. The number of carboxylic acids is 1. The number of aliphatic carboxylic acids is 1. The van der Waals surface area contributed by atoms with Crippen LogP contribution >= 0.6 is 0 Å². The van der Waals surface area contributed by atoms with E-state index in [2.05, 4.69) is 5.32 Å². The molecule has 0 spiro atoms. The van der Waals surface area contributed by atoms with Gasteiger partial charge in [-0.2, -0.15) is 0 Å². The monoisotopic (exact) mass is 276 g/mol. The Morgan fingerprint density at radius 1 is 1.25 bits per heavy atom. The summed E-state index contributed by atoms with van der Waals surface area (Å²) in [5.41, 5.74) is 1.26. The average molecular weight is 276 g/mol. The van der Waals surface area contributed by atoms with E-state index in [0.29, 0.717) is 24.2 Å². The van der Waals surface area contributed by atoms with Crippen LogP contribution in [0.15, 0.2) is 24.3 Å². The number of benzene rings is 1. The Hall–Kier alpha value is -2.37. The van der Waals surface area contributed by atoms with E-state index in [0.717, 1.165) is 6.42 Å². The van der Waals surface area contributed by atoms with Gasteiger partial charge < -0.3 is 15.3 Å². The van der Waals surface area contributed by atoms with Crippen molar-refractivity contribution in [3.63, 3.8) is 0 Å². The van der Waals surface area contributed by atoms with Gasteiger partial charge in [-0.1, -0.05) is 12.1 Å². The highest BCUT2D eigenvalue weighted by Gasteiger charge is 2.22. The van der Waals surface area contributed by atoms with Gasteiger partial charge in [-0.25, -0.2) is 0 Å². The quantitative estimate of drug-likeness (QED) is 0.835. The zero-order valence-electron chi connectivity index (χ0n) is 11.0. The molecule has 0 atom stereocenters. The number of rotatable bonds is 5. The molecule has 0 aliphatic carbocycles. The van der Waals surface area contributed by atoms with Gasteiger partial charge in [0.15, 0.2) is 0 Å². The summed E-state index contributed by atoms with van der Waals surface area (Å²) in [6.07, 6.45) is 1.27. The maximum Gasteiger partial charge on any atom is 0.307 e. The fourth-order valence-electron chi connectivity index (χ4n) is 2.13. The van der Waals surface area contributed by atoms with Crippen molar-refractivity contribution in [2.24, 2.45) is 0 Å². The Labute approximate surface area is 116 Å². The molecule has 1 aromatic carbocycles. The van der Waals surface area contributed by atoms with E-state index in [1.807, 2.05) is 0 Å². The number of nitrogens with zero attached hydrogens (tertiary/aromatic N) is 1. The number of hydrogen-bond acceptors (Lipinski definition) is 3. The topological polar surface area (TPSA) is 86.7 Å². The molecule has 0 unspecified atom stereocenters. The van der Waals surface area contributed by atoms with Crippen molar-refractivity contribution in [2.45, 2.75) is 19.3 Å². The van der Waals surface area contributed by atoms with Gasteiger partial charge in [0.2, 0.25) is 11.8 Å². The van der Waals surface area contributed by atoms with Crippen molar-refractivity contribution in [1.82, 2.24) is 4.90 Å². The van der Waals surface area contributed by atoms with Gasteiger partial charge in [0.05, 0.1) is 13.0 Å². The van der Waals surface area contributed by atoms with Crippen molar-refractivity contribution < 1.29 is 19.5 Å². The number of hydrogen-bond donors (Lipinski definition) is 2. The Bertz CT molecular complexity index is 524. The lowest BCUT2D eigenvalue weighted by Gasteiger charge is -2.15. The van der Waals surface area contributed by atoms with Crippen molar-refractivity contribution >= 4 is 23.5 Å². The lowest BCUT2D eigenvalue weighted by Crippen LogP contribution is -2.33. The largest absolute Gasteiger partial charge is 0.481 e. The summed E-state index contributed by atoms with van der Waals surface area (Å²) >= 11 is 0. The Kier molecular flexibility index (Phi) is 4.34. The summed E-state index contributed by atoms with van der Waals surface area (Å²) in [7, 11) is 0. The SMILES string of the molecule is O=C(O)Cc1ccc(NC(=O)CN2CCCC2=O)cc1. The molecule has 1 fully saturated rings. The van der Waals surface area contributed by atoms with Crippen LogP contribution in [0.2, 0.25) is 0 Å². The van der Waals surface area contributed by atoms with E-state index in [1.54, 1.807) is 24.3 Å². The van der Waals surface area contributed by atoms with E-state index < -0.39 is 5.97 Å². The molecule has 1 saturated heterocycles. The third kappa shape index (κ3) is 3.81. The summed E-state index contributed by atoms with van der Waals surface area (Å²) < 4.78 is 0. The van der Waals surface area contributed by atoms with Crippen LogP contribution in [0.25, 0.3) is 0 Å². The summed E-state index contributed by atoms with van der Waals surface area (Å²) in [5, 5.41) is 11.3. The number of carbonyl (C=O) groups excluding carboxylic acids is 2. The molecule has 6 nitrogen and oxygen atoms in total. The summed E-state index contributed by atoms with van der Waals surface area (Å²) in [6, 6.07) is 6.62. The minimum absolute atomic E-state index is 0.0111. The normalized spacial score (nSPS) is 14.4. The summed E-state index contributed by atoms with van der Waals surface area (Å²) in [4.78, 5) is 35.3. The van der Waals surface area contributed by atoms with Crippen LogP contribution in [0.1, 0.15) is 18.4 Å². The predicted octanol–water partition coefficient (Wildman–Crippen LogP) is 0.875. The highest BCUT2D eigenvalue weighted by molar-refractivity contribution is 5.94. The van der Waals surface area contributed by atoms with Gasteiger partial charge in [0, 0.05) is 18.7 Å². The lowest BCUT2D eigenvalue weighted by molar-refractivity contribution is -0.136. The minimum Gasteiger partial charge on any atom is -0.481 e. The molecule has 0 radical (unpaired) electrons. The fraction of sp³-hybridized carbons (Fsp3) is 0.357. The molecule has 0 saturated carbocycles. The Morgan fingerprint density at radius 3 is 2.50 bits per heavy atom. The molecular formula is C14H16N2O4. The molecule has 6 heteroatoms. The maximum atomic E-state index is 11.8. The molecule has 0 aromatic heterocycles. The van der Waals surface area contributed by atoms with Crippen molar-refractivity contribution in [1.29, 1.82) is 0 Å². The van der Waals surface area contributed by atoms with Crippen molar-refractivity contribution in [3.8, 4) is 0 Å². The molecule has 1 heterocycles. The third-order valence-corrected chi connectivity index (χ3v) is 3.10. The zero-order chi connectivity index (χ0) is 14.5. The third-order valence-electron chi connectivity index (χ3n) is 3.10. The number of anilines is 1. The fourth-order valence-corrected chi connectivity index (χ4v) is 2.13. The van der Waals surface area contributed by atoms with Crippen LogP contribution in [0.3, 0.4) is 0 Å². The molecule has 0 bridgehead atoms. The standard InChI is InChI=1S/C14H16N2O4/c17-12(9-16-7-1-2-13(16)18)15-11-5-3-10(4-6-11)8-14(19)20/h3-6H,1-2,7-9H2,(H,15,17)(H,19,20). The first-order valence-corrected chi connectivity index (χ1v) is 6.43. The molecule has 1 aliphatic heterocycles. The molecule has 1 aromatic rings. The highest BCUT2D eigenvalue weighted by Crippen LogP contribution is 2.12. The first-order valence-electron chi connectivity index (χ1n) is 6.43. The van der Waals surface area contributed by atoms with E-state index in [1.165, 1.54) is 4.90 Å². The number of carboxylic acid groups (broad SMARTS) is 1. The van der Waals surface area contributed by atoms with E-state index in [9.17, 15) is 14.4 Å². The van der Waals surface area contributed by atoms with Gasteiger partial charge in [-0.05, 0) is 24.1 Å². The Morgan fingerprint density at radius 2 is 1.95 bits per heavy atom. The van der Waals surface area contributed by atoms with Gasteiger partial charge in [0.25, 0.3) is 0 Å². The molecular weight excluding hydrogens is 260 g/mol. The summed E-state index contributed by atoms with van der Waals surface area (Å²) in [5.74, 6) is -1.13. The maximum absolute atomic E-state index is 11.8. The van der Waals surface area contributed by atoms with Gasteiger partial charge in [0.1, 0.15) is 0 Å². The second kappa shape index (κ2) is 6.18. The van der Waals surface area contributed by atoms with Crippen LogP contribution in [0.5, 0.6) is 0 Å². The van der Waals surface area contributed by atoms with Crippen LogP contribution in [-0.2, 0) is 20.8 Å². The van der Waals surface area contributed by atoms with Crippen LogP contribution in [0, 0.1) is 0 Å². The molecule has 2 rings (SSSR count). The number of amides is 2. The lowest BCUT2D eigenvalue weighted by atomic mass is 10.1. The first-order chi connectivity index (χ1) is 9.54. The van der Waals surface area contributed by atoms with E-state index >= 15 is 0 Å². The molecule has 106 valence electrons. The van der Waals surface area contributed by atoms with Crippen LogP contribution in [0.4, 0.5) is 5.69 Å². The average Bonchev–Trinajstić information content (AvgIpc) is 2.77. The molecule has 1 aliphatic rings. The zero-order valence-corrected chi connectivity index (χ0v) is 11.0. The summed E-state index contributed by atoms with van der Waals surface area (Å²) in [6.45, 7) is 0.694. The van der Waals surface area contributed by atoms with Gasteiger partial charge in [-0.3, -0.25) is 14.4 Å². The molecule has 2 N–H and O–H groups in total. The van der Waals surface area contributed by atoms with Crippen LogP contribution < -0.4 is 5.32 Å². The van der Waals surface area contributed by atoms with E-state index in [4.69, 9.17) is 5.11 Å². The second-order valence-corrected chi connectivity index (χ2v) is 4.73. The molecule has 2 amide bonds. The number of nitrogens with one attached hydrogen (secondary N) is 1. The predicted molar refractivity (Wildman–Crippen MR) is 72.2 cm³/mol.